The Morgan fingerprint density at radius 2 is 0.645 bits per heavy atom. The van der Waals surface area contributed by atoms with Crippen molar-refractivity contribution in [1.29, 1.82) is 0 Å². The van der Waals surface area contributed by atoms with Gasteiger partial charge in [-0.05, 0) is 94.8 Å². The fourth-order valence-corrected chi connectivity index (χ4v) is 10.7. The summed E-state index contributed by atoms with van der Waals surface area (Å²) in [6.07, 6.45) is 0. The highest BCUT2D eigenvalue weighted by Crippen LogP contribution is 2.41. The van der Waals surface area contributed by atoms with E-state index in [0.29, 0.717) is 28.1 Å². The van der Waals surface area contributed by atoms with E-state index in [1.807, 2.05) is 0 Å². The predicted molar refractivity (Wildman–Crippen MR) is 223 cm³/mol. The van der Waals surface area contributed by atoms with Crippen LogP contribution in [0.2, 0.25) is 0 Å². The van der Waals surface area contributed by atoms with E-state index < -0.39 is 75.1 Å². The molecule has 0 radical (unpaired) electrons. The topological polar surface area (TPSA) is 311 Å². The third-order valence-corrected chi connectivity index (χ3v) is 14.7. The summed E-state index contributed by atoms with van der Waals surface area (Å²) in [7, 11) is -25.4. The second-order valence-corrected chi connectivity index (χ2v) is 21.1. The van der Waals surface area contributed by atoms with Crippen LogP contribution in [-0.4, -0.2) is 70.1 Å². The van der Waals surface area contributed by atoms with Crippen LogP contribution in [0.1, 0.15) is 11.1 Å². The summed E-state index contributed by atoms with van der Waals surface area (Å²) in [5, 5.41) is 12.2. The monoisotopic (exact) mass is 966 g/mol. The van der Waals surface area contributed by atoms with Crippen molar-refractivity contribution in [2.45, 2.75) is 43.2 Å². The van der Waals surface area contributed by atoms with Crippen molar-refractivity contribution in [2.24, 2.45) is 0 Å². The van der Waals surface area contributed by atoms with Crippen LogP contribution >= 0.6 is 12.0 Å². The van der Waals surface area contributed by atoms with Gasteiger partial charge in [0.1, 0.15) is 19.6 Å². The molecule has 0 unspecified atom stereocenters. The summed E-state index contributed by atoms with van der Waals surface area (Å²) in [4.78, 5) is -3.39. The highest BCUT2D eigenvalue weighted by molar-refractivity contribution is 7.94. The van der Waals surface area contributed by atoms with Gasteiger partial charge in [-0.15, -0.1) is 4.33 Å². The van der Waals surface area contributed by atoms with Crippen molar-refractivity contribution >= 4 is 62.6 Å². The van der Waals surface area contributed by atoms with Gasteiger partial charge < -0.3 is 0 Å². The SMILES string of the molecule is Cc1ccc(-c2ccc(-c3ccc(-c4ccc(-c5ccc(-c6ccc(C)c(S(=O)(=O)O)c6)c(S(=O)(=O)O)c5)c(S(=O)(=O)O)c4)c(S(=O)(=O)O)c3)c(S(=O)(=O)O)c2)cc1SOOO. The lowest BCUT2D eigenvalue weighted by molar-refractivity contribution is -0.432. The second kappa shape index (κ2) is 17.0. The van der Waals surface area contributed by atoms with Crippen LogP contribution < -0.4 is 0 Å². The summed E-state index contributed by atoms with van der Waals surface area (Å²) in [6.45, 7) is 3.08. The molecule has 0 bridgehead atoms. The molecule has 18 nitrogen and oxygen atoms in total. The maximum Gasteiger partial charge on any atom is 0.295 e. The summed E-state index contributed by atoms with van der Waals surface area (Å²) >= 11 is 0.652. The predicted octanol–water partition coefficient (Wildman–Crippen LogP) is 7.30. The van der Waals surface area contributed by atoms with Crippen LogP contribution in [0.3, 0.4) is 0 Å². The normalized spacial score (nSPS) is 12.7. The minimum absolute atomic E-state index is 0.0885. The smallest absolute Gasteiger partial charge is 0.282 e. The second-order valence-electron chi connectivity index (χ2n) is 13.4. The largest absolute Gasteiger partial charge is 0.295 e. The Hall–Kier alpha value is -4.90. The van der Waals surface area contributed by atoms with E-state index in [4.69, 9.17) is 5.26 Å². The molecule has 0 fully saturated rings. The number of hydrogen-bond donors (Lipinski definition) is 6. The molecule has 0 spiro atoms. The molecule has 0 heterocycles. The van der Waals surface area contributed by atoms with Crippen LogP contribution in [0.5, 0.6) is 0 Å². The zero-order valence-corrected chi connectivity index (χ0v) is 36.3. The van der Waals surface area contributed by atoms with E-state index in [0.717, 1.165) is 54.6 Å². The van der Waals surface area contributed by atoms with Gasteiger partial charge in [-0.2, -0.15) is 42.1 Å². The molecule has 0 saturated heterocycles. The van der Waals surface area contributed by atoms with Gasteiger partial charge in [0.25, 0.3) is 50.6 Å². The van der Waals surface area contributed by atoms with Gasteiger partial charge >= 0.3 is 0 Å². The average molecular weight is 967 g/mol. The van der Waals surface area contributed by atoms with Crippen molar-refractivity contribution in [3.63, 3.8) is 0 Å². The standard InChI is InChI=1S/C38H30O18S6/c1-21-3-5-23(15-33(21)57-56-55-39)24-7-11-29(35(16-24)59(43,44)45)26-9-13-31(37(18-26)61(49,50)51)28-10-14-32(38(20-28)62(52,53)54)27-8-12-30(36(19-27)60(46,47)48)25-6-4-22(2)34(17-25)58(40,41)42/h3-20,39H,1-2H3,(H,40,41,42)(H,43,44,45)(H,46,47,48)(H,49,50,51)(H,52,53,54). The Balaban J connectivity index is 1.48. The first-order chi connectivity index (χ1) is 28.7. The van der Waals surface area contributed by atoms with E-state index in [-0.39, 0.29) is 55.6 Å². The molecule has 6 rings (SSSR count). The summed E-state index contributed by atoms with van der Waals surface area (Å²) in [5.74, 6) is 0. The minimum Gasteiger partial charge on any atom is -0.282 e. The van der Waals surface area contributed by atoms with Crippen molar-refractivity contribution < 1.29 is 79.5 Å². The molecule has 0 aliphatic heterocycles. The van der Waals surface area contributed by atoms with E-state index in [1.165, 1.54) is 43.3 Å². The van der Waals surface area contributed by atoms with Gasteiger partial charge in [-0.25, -0.2) is 5.26 Å². The Labute approximate surface area is 359 Å². The molecule has 0 amide bonds. The van der Waals surface area contributed by atoms with E-state index in [1.54, 1.807) is 25.1 Å². The quantitative estimate of drug-likeness (QED) is 0.0286. The molecule has 0 aliphatic rings. The first-order valence-electron chi connectivity index (χ1n) is 17.0. The van der Waals surface area contributed by atoms with Crippen LogP contribution in [0.25, 0.3) is 55.6 Å². The lowest BCUT2D eigenvalue weighted by Gasteiger charge is -2.16. The van der Waals surface area contributed by atoms with Gasteiger partial charge in [0.2, 0.25) is 0 Å². The van der Waals surface area contributed by atoms with Crippen molar-refractivity contribution in [3.05, 3.63) is 120 Å². The molecule has 0 saturated carbocycles. The fourth-order valence-electron chi connectivity index (χ4n) is 6.55. The Morgan fingerprint density at radius 3 is 1.00 bits per heavy atom. The molecule has 6 aromatic rings. The fraction of sp³-hybridized carbons (Fsp3) is 0.0526. The zero-order chi connectivity index (χ0) is 45.7. The maximum absolute atomic E-state index is 12.9. The molecule has 24 heteroatoms. The third kappa shape index (κ3) is 9.98. The van der Waals surface area contributed by atoms with Crippen LogP contribution in [0.15, 0.2) is 139 Å². The Bertz CT molecular complexity index is 3390. The van der Waals surface area contributed by atoms with Crippen LogP contribution in [-0.2, 0) is 60.0 Å². The molecule has 0 atom stereocenters. The van der Waals surface area contributed by atoms with Gasteiger partial charge in [-0.3, -0.25) is 22.8 Å². The number of rotatable bonds is 13. The van der Waals surface area contributed by atoms with Gasteiger partial charge in [0.05, 0.1) is 16.9 Å². The van der Waals surface area contributed by atoms with Gasteiger partial charge in [0, 0.05) is 27.1 Å². The molecule has 0 aliphatic carbocycles. The van der Waals surface area contributed by atoms with E-state index >= 15 is 0 Å². The molecule has 6 aromatic carbocycles. The summed E-state index contributed by atoms with van der Waals surface area (Å²) < 4.78 is 181. The minimum atomic E-state index is -5.25. The molecule has 6 N–H and O–H groups in total. The first-order valence-corrected chi connectivity index (χ1v) is 24.9. The van der Waals surface area contributed by atoms with Crippen molar-refractivity contribution in [2.75, 3.05) is 0 Å². The lowest BCUT2D eigenvalue weighted by atomic mass is 9.95. The average Bonchev–Trinajstić information content (AvgIpc) is 3.18. The molecule has 0 aromatic heterocycles. The van der Waals surface area contributed by atoms with Crippen molar-refractivity contribution in [3.8, 4) is 55.6 Å². The van der Waals surface area contributed by atoms with Gasteiger partial charge in [0.15, 0.2) is 0 Å². The zero-order valence-electron chi connectivity index (χ0n) is 31.4. The number of benzene rings is 6. The molecular weight excluding hydrogens is 937 g/mol. The summed E-state index contributed by atoms with van der Waals surface area (Å²) in [5.41, 5.74) is -0.459. The highest BCUT2D eigenvalue weighted by atomic mass is 32.2. The summed E-state index contributed by atoms with van der Waals surface area (Å²) in [6, 6.07) is 21.4. The third-order valence-electron chi connectivity index (χ3n) is 9.42. The Kier molecular flexibility index (Phi) is 12.8. The number of aryl methyl sites for hydroxylation is 2. The first kappa shape index (κ1) is 46.6. The molecular formula is C38H30O18S6. The molecule has 62 heavy (non-hydrogen) atoms. The maximum atomic E-state index is 12.9. The van der Waals surface area contributed by atoms with Crippen molar-refractivity contribution in [1.82, 2.24) is 0 Å². The van der Waals surface area contributed by atoms with Crippen LogP contribution in [0, 0.1) is 13.8 Å². The molecule has 326 valence electrons. The van der Waals surface area contributed by atoms with Gasteiger partial charge in [-0.1, -0.05) is 77.8 Å². The van der Waals surface area contributed by atoms with E-state index in [9.17, 15) is 64.9 Å². The highest BCUT2D eigenvalue weighted by Gasteiger charge is 2.27. The van der Waals surface area contributed by atoms with E-state index in [2.05, 4.69) is 9.37 Å². The lowest BCUT2D eigenvalue weighted by Crippen LogP contribution is -2.06. The van der Waals surface area contributed by atoms with Crippen LogP contribution in [0.4, 0.5) is 0 Å². The Morgan fingerprint density at radius 1 is 0.371 bits per heavy atom. The number of hydrogen-bond acceptors (Lipinski definition) is 14.